The van der Waals surface area contributed by atoms with E-state index in [-0.39, 0.29) is 17.3 Å². The molecule has 0 fully saturated rings. The van der Waals surface area contributed by atoms with Crippen molar-refractivity contribution in [2.75, 3.05) is 5.32 Å². The van der Waals surface area contributed by atoms with Crippen LogP contribution < -0.4 is 15.8 Å². The van der Waals surface area contributed by atoms with Gasteiger partial charge in [-0.3, -0.25) is 9.89 Å². The fourth-order valence-corrected chi connectivity index (χ4v) is 4.22. The molecule has 2 aliphatic heterocycles. The second-order valence-electron chi connectivity index (χ2n) is 6.99. The number of aromatic amines is 1. The molecule has 1 unspecified atom stereocenters. The summed E-state index contributed by atoms with van der Waals surface area (Å²) in [5.74, 6) is -0.418. The van der Waals surface area contributed by atoms with Crippen molar-refractivity contribution in [1.29, 1.82) is 5.26 Å². The van der Waals surface area contributed by atoms with E-state index < -0.39 is 11.3 Å². The molecule has 0 bridgehead atoms. The molecule has 7 nitrogen and oxygen atoms in total. The summed E-state index contributed by atoms with van der Waals surface area (Å²) in [5.41, 5.74) is 8.53. The van der Waals surface area contributed by atoms with Gasteiger partial charge in [0.2, 0.25) is 17.7 Å². The second-order valence-corrected chi connectivity index (χ2v) is 7.43. The SMILES string of the molecule is Cc1ccc(-c2[nH]nc3c2C2(C(=O)Nc4ccc(Cl)cc42)C(C#N)=C(N)O3)cc1. The number of fused-ring (bicyclic) bond motifs is 4. The number of aryl methyl sites for hydroxylation is 1. The van der Waals surface area contributed by atoms with E-state index in [4.69, 9.17) is 22.1 Å². The molecule has 1 atom stereocenters. The van der Waals surface area contributed by atoms with Crippen molar-refractivity contribution in [2.24, 2.45) is 5.73 Å². The Bertz CT molecular complexity index is 1270. The highest BCUT2D eigenvalue weighted by molar-refractivity contribution is 6.31. The summed E-state index contributed by atoms with van der Waals surface area (Å²) in [7, 11) is 0. The predicted octanol–water partition coefficient (Wildman–Crippen LogP) is 3.36. The van der Waals surface area contributed by atoms with E-state index in [9.17, 15) is 10.1 Å². The van der Waals surface area contributed by atoms with Crippen LogP contribution >= 0.6 is 11.6 Å². The molecule has 1 amide bonds. The Labute approximate surface area is 170 Å². The number of nitrogens with one attached hydrogen (secondary N) is 2. The van der Waals surface area contributed by atoms with Gasteiger partial charge < -0.3 is 15.8 Å². The maximum Gasteiger partial charge on any atom is 0.245 e. The fourth-order valence-electron chi connectivity index (χ4n) is 4.05. The summed E-state index contributed by atoms with van der Waals surface area (Å²) in [6.07, 6.45) is 0. The molecule has 3 heterocycles. The third-order valence-corrected chi connectivity index (χ3v) is 5.60. The third-order valence-electron chi connectivity index (χ3n) is 5.36. The summed E-state index contributed by atoms with van der Waals surface area (Å²) in [6, 6.07) is 14.9. The Morgan fingerprint density at radius 1 is 1.24 bits per heavy atom. The van der Waals surface area contributed by atoms with E-state index in [0.29, 0.717) is 27.5 Å². The van der Waals surface area contributed by atoms with E-state index >= 15 is 0 Å². The first kappa shape index (κ1) is 17.3. The standard InChI is InChI=1S/C21H14ClN5O2/c1-10-2-4-11(5-3-10)17-16-19(27-26-17)29-18(24)14(9-23)21(16)13-8-12(22)6-7-15(13)25-20(21)28/h2-8H,24H2,1H3,(H,25,28)(H,26,27). The molecule has 1 spiro atoms. The van der Waals surface area contributed by atoms with Crippen molar-refractivity contribution < 1.29 is 9.53 Å². The molecule has 3 aromatic rings. The summed E-state index contributed by atoms with van der Waals surface area (Å²) in [5, 5.41) is 20.4. The first-order chi connectivity index (χ1) is 14.0. The van der Waals surface area contributed by atoms with Crippen LogP contribution in [-0.2, 0) is 10.2 Å². The number of nitrogens with zero attached hydrogens (tertiary/aromatic N) is 2. The summed E-state index contributed by atoms with van der Waals surface area (Å²) < 4.78 is 5.62. The van der Waals surface area contributed by atoms with Crippen molar-refractivity contribution in [3.05, 3.63) is 75.6 Å². The highest BCUT2D eigenvalue weighted by atomic mass is 35.5. The Morgan fingerprint density at radius 2 is 2.00 bits per heavy atom. The first-order valence-corrected chi connectivity index (χ1v) is 9.20. The van der Waals surface area contributed by atoms with Crippen molar-refractivity contribution in [2.45, 2.75) is 12.3 Å². The lowest BCUT2D eigenvalue weighted by atomic mass is 9.68. The van der Waals surface area contributed by atoms with Gasteiger partial charge in [0.15, 0.2) is 0 Å². The lowest BCUT2D eigenvalue weighted by Gasteiger charge is -2.32. The summed E-state index contributed by atoms with van der Waals surface area (Å²) >= 11 is 6.25. The number of ether oxygens (including phenoxy) is 1. The lowest BCUT2D eigenvalue weighted by molar-refractivity contribution is -0.118. The predicted molar refractivity (Wildman–Crippen MR) is 107 cm³/mol. The van der Waals surface area contributed by atoms with Gasteiger partial charge >= 0.3 is 0 Å². The van der Waals surface area contributed by atoms with Gasteiger partial charge in [-0.1, -0.05) is 41.4 Å². The molecule has 0 radical (unpaired) electrons. The number of aromatic nitrogens is 2. The van der Waals surface area contributed by atoms with E-state index in [0.717, 1.165) is 11.1 Å². The van der Waals surface area contributed by atoms with Crippen LogP contribution in [0.4, 0.5) is 5.69 Å². The van der Waals surface area contributed by atoms with Crippen LogP contribution in [0.1, 0.15) is 16.7 Å². The zero-order chi connectivity index (χ0) is 20.3. The zero-order valence-electron chi connectivity index (χ0n) is 15.2. The molecule has 4 N–H and O–H groups in total. The van der Waals surface area contributed by atoms with Gasteiger partial charge in [-0.25, -0.2) is 0 Å². The number of H-pyrrole nitrogens is 1. The minimum absolute atomic E-state index is 0.00159. The minimum Gasteiger partial charge on any atom is -0.420 e. The molecule has 29 heavy (non-hydrogen) atoms. The third kappa shape index (κ3) is 2.18. The lowest BCUT2D eigenvalue weighted by Crippen LogP contribution is -2.42. The fraction of sp³-hybridized carbons (Fsp3) is 0.0952. The van der Waals surface area contributed by atoms with Gasteiger partial charge in [0.25, 0.3) is 0 Å². The summed E-state index contributed by atoms with van der Waals surface area (Å²) in [4.78, 5) is 13.4. The smallest absolute Gasteiger partial charge is 0.245 e. The molecular formula is C21H14ClN5O2. The van der Waals surface area contributed by atoms with Crippen LogP contribution in [0.25, 0.3) is 11.3 Å². The maximum absolute atomic E-state index is 13.4. The van der Waals surface area contributed by atoms with Gasteiger partial charge in [-0.05, 0) is 25.1 Å². The molecule has 0 saturated heterocycles. The van der Waals surface area contributed by atoms with Crippen molar-refractivity contribution in [3.8, 4) is 23.2 Å². The number of nitriles is 1. The van der Waals surface area contributed by atoms with E-state index in [1.807, 2.05) is 31.2 Å². The number of benzene rings is 2. The molecule has 5 rings (SSSR count). The molecule has 1 aromatic heterocycles. The average molecular weight is 404 g/mol. The normalized spacial score (nSPS) is 19.4. The van der Waals surface area contributed by atoms with Gasteiger partial charge in [0.05, 0.1) is 11.3 Å². The Kier molecular flexibility index (Phi) is 3.51. The number of carbonyl (C=O) groups is 1. The van der Waals surface area contributed by atoms with Crippen LogP contribution in [0.2, 0.25) is 5.02 Å². The largest absolute Gasteiger partial charge is 0.420 e. The van der Waals surface area contributed by atoms with Crippen molar-refractivity contribution in [3.63, 3.8) is 0 Å². The van der Waals surface area contributed by atoms with Gasteiger partial charge in [-0.15, -0.1) is 5.10 Å². The monoisotopic (exact) mass is 403 g/mol. The number of carbonyl (C=O) groups excluding carboxylic acids is 1. The van der Waals surface area contributed by atoms with Crippen LogP contribution in [0.3, 0.4) is 0 Å². The van der Waals surface area contributed by atoms with Gasteiger partial charge in [-0.2, -0.15) is 5.26 Å². The van der Waals surface area contributed by atoms with E-state index in [1.165, 1.54) is 0 Å². The quantitative estimate of drug-likeness (QED) is 0.576. The molecule has 0 aliphatic carbocycles. The van der Waals surface area contributed by atoms with Crippen LogP contribution in [0.15, 0.2) is 53.9 Å². The number of hydrogen-bond donors (Lipinski definition) is 3. The molecule has 2 aromatic carbocycles. The molecular weight excluding hydrogens is 390 g/mol. The van der Waals surface area contributed by atoms with Gasteiger partial charge in [0.1, 0.15) is 17.1 Å². The molecule has 0 saturated carbocycles. The topological polar surface area (TPSA) is 117 Å². The van der Waals surface area contributed by atoms with Crippen molar-refractivity contribution >= 4 is 23.2 Å². The van der Waals surface area contributed by atoms with Crippen LogP contribution in [0, 0.1) is 18.3 Å². The number of rotatable bonds is 1. The highest BCUT2D eigenvalue weighted by Gasteiger charge is 2.58. The van der Waals surface area contributed by atoms with E-state index in [2.05, 4.69) is 21.6 Å². The van der Waals surface area contributed by atoms with E-state index in [1.54, 1.807) is 18.2 Å². The maximum atomic E-state index is 13.4. The molecule has 8 heteroatoms. The Balaban J connectivity index is 1.90. The summed E-state index contributed by atoms with van der Waals surface area (Å²) in [6.45, 7) is 1.98. The minimum atomic E-state index is -1.51. The number of amides is 1. The Morgan fingerprint density at radius 3 is 2.72 bits per heavy atom. The van der Waals surface area contributed by atoms with Gasteiger partial charge in [0, 0.05) is 21.8 Å². The number of anilines is 1. The number of halogens is 1. The van der Waals surface area contributed by atoms with Crippen LogP contribution in [0.5, 0.6) is 5.88 Å². The first-order valence-electron chi connectivity index (χ1n) is 8.82. The number of nitrogens with two attached hydrogens (primary N) is 1. The zero-order valence-corrected chi connectivity index (χ0v) is 16.0. The van der Waals surface area contributed by atoms with Crippen molar-refractivity contribution in [1.82, 2.24) is 10.2 Å². The molecule has 2 aliphatic rings. The van der Waals surface area contributed by atoms with Crippen LogP contribution in [-0.4, -0.2) is 16.1 Å². The average Bonchev–Trinajstić information content (AvgIpc) is 3.23. The Hall–Kier alpha value is -3.76. The number of hydrogen-bond acceptors (Lipinski definition) is 5. The highest BCUT2D eigenvalue weighted by Crippen LogP contribution is 2.55. The molecule has 142 valence electrons. The second kappa shape index (κ2) is 5.87.